The van der Waals surface area contributed by atoms with Crippen LogP contribution in [0.2, 0.25) is 0 Å². The molecule has 126 valence electrons. The van der Waals surface area contributed by atoms with Gasteiger partial charge in [-0.1, -0.05) is 0 Å². The summed E-state index contributed by atoms with van der Waals surface area (Å²) in [5, 5.41) is 15.7. The summed E-state index contributed by atoms with van der Waals surface area (Å²) in [4.78, 5) is 4.10. The summed E-state index contributed by atoms with van der Waals surface area (Å²) in [6.07, 6.45) is -1.47. The van der Waals surface area contributed by atoms with Crippen molar-refractivity contribution in [2.24, 2.45) is 0 Å². The zero-order valence-corrected chi connectivity index (χ0v) is 12.5. The molecule has 0 unspecified atom stereocenters. The lowest BCUT2D eigenvalue weighted by Crippen LogP contribution is -2.00. The molecule has 0 aliphatic heterocycles. The lowest BCUT2D eigenvalue weighted by molar-refractivity contribution is 0.116. The zero-order valence-electron chi connectivity index (χ0n) is 12.5. The molecule has 3 aromatic rings. The van der Waals surface area contributed by atoms with Gasteiger partial charge in [-0.05, 0) is 30.3 Å². The number of halogens is 3. The van der Waals surface area contributed by atoms with Gasteiger partial charge in [0.1, 0.15) is 24.2 Å². The Morgan fingerprint density at radius 2 is 2.04 bits per heavy atom. The Bertz CT molecular complexity index is 920. The molecule has 9 heteroatoms. The van der Waals surface area contributed by atoms with E-state index in [1.54, 1.807) is 12.1 Å². The summed E-state index contributed by atoms with van der Waals surface area (Å²) in [5.41, 5.74) is 0.954. The Balaban J connectivity index is 1.70. The quantitative estimate of drug-likeness (QED) is 0.701. The predicted molar refractivity (Wildman–Crippen MR) is 77.9 cm³/mol. The molecule has 0 N–H and O–H groups in total. The van der Waals surface area contributed by atoms with Crippen molar-refractivity contribution < 1.29 is 22.3 Å². The van der Waals surface area contributed by atoms with Gasteiger partial charge in [-0.15, -0.1) is 10.2 Å². The molecule has 1 aromatic carbocycles. The molecule has 0 aliphatic rings. The van der Waals surface area contributed by atoms with E-state index in [1.165, 1.54) is 18.3 Å². The van der Waals surface area contributed by atoms with Gasteiger partial charge in [-0.25, -0.2) is 4.39 Å². The van der Waals surface area contributed by atoms with Crippen LogP contribution in [0.25, 0.3) is 11.5 Å². The van der Waals surface area contributed by atoms with E-state index in [1.807, 2.05) is 6.07 Å². The average Bonchev–Trinajstić information content (AvgIpc) is 3.11. The summed E-state index contributed by atoms with van der Waals surface area (Å²) >= 11 is 0. The van der Waals surface area contributed by atoms with Crippen molar-refractivity contribution in [2.45, 2.75) is 13.0 Å². The molecule has 0 spiro atoms. The third-order valence-corrected chi connectivity index (χ3v) is 3.14. The fourth-order valence-electron chi connectivity index (χ4n) is 1.94. The number of rotatable bonds is 5. The highest BCUT2D eigenvalue weighted by atomic mass is 19.3. The average molecular weight is 346 g/mol. The van der Waals surface area contributed by atoms with Crippen LogP contribution in [0.4, 0.5) is 13.2 Å². The fraction of sp³-hybridized carbons (Fsp3) is 0.125. The second-order valence-corrected chi connectivity index (χ2v) is 4.83. The molecule has 2 aromatic heterocycles. The smallest absolute Gasteiger partial charge is 0.314 e. The molecule has 25 heavy (non-hydrogen) atoms. The Labute approximate surface area is 139 Å². The highest BCUT2D eigenvalue weighted by molar-refractivity contribution is 5.50. The molecule has 0 saturated heterocycles. The van der Waals surface area contributed by atoms with Gasteiger partial charge in [0.15, 0.2) is 0 Å². The zero-order chi connectivity index (χ0) is 17.8. The molecule has 0 aliphatic carbocycles. The minimum Gasteiger partial charge on any atom is -0.486 e. The number of alkyl halides is 2. The molecular weight excluding hydrogens is 337 g/mol. The SMILES string of the molecule is N#Cc1cc(F)ccc1OCc1ccc(-c2nnc(C(F)F)o2)cn1. The first-order valence-electron chi connectivity index (χ1n) is 6.96. The predicted octanol–water partition coefficient (Wildman–Crippen LogP) is 3.66. The van der Waals surface area contributed by atoms with Crippen molar-refractivity contribution in [1.82, 2.24) is 15.2 Å². The first-order chi connectivity index (χ1) is 12.1. The maximum atomic E-state index is 13.1. The lowest BCUT2D eigenvalue weighted by atomic mass is 10.2. The summed E-state index contributed by atoms with van der Waals surface area (Å²) in [7, 11) is 0. The van der Waals surface area contributed by atoms with Crippen LogP contribution in [0.1, 0.15) is 23.6 Å². The number of pyridine rings is 1. The van der Waals surface area contributed by atoms with Crippen molar-refractivity contribution in [2.75, 3.05) is 0 Å². The van der Waals surface area contributed by atoms with Crippen molar-refractivity contribution in [3.63, 3.8) is 0 Å². The van der Waals surface area contributed by atoms with Crippen LogP contribution in [-0.2, 0) is 6.61 Å². The van der Waals surface area contributed by atoms with Gasteiger partial charge in [-0.2, -0.15) is 14.0 Å². The molecule has 2 heterocycles. The Morgan fingerprint density at radius 1 is 1.20 bits per heavy atom. The topological polar surface area (TPSA) is 84.8 Å². The molecule has 0 saturated carbocycles. The highest BCUT2D eigenvalue weighted by Gasteiger charge is 2.17. The molecular formula is C16H9F3N4O2. The Kier molecular flexibility index (Phi) is 4.61. The van der Waals surface area contributed by atoms with Crippen molar-refractivity contribution in [3.8, 4) is 23.3 Å². The van der Waals surface area contributed by atoms with Crippen LogP contribution in [0, 0.1) is 17.1 Å². The number of hydrogen-bond donors (Lipinski definition) is 0. The normalized spacial score (nSPS) is 10.7. The summed E-state index contributed by atoms with van der Waals surface area (Å²) in [6, 6.07) is 8.59. The van der Waals surface area contributed by atoms with E-state index in [4.69, 9.17) is 14.4 Å². The molecule has 3 rings (SSSR count). The fourth-order valence-corrected chi connectivity index (χ4v) is 1.94. The number of nitriles is 1. The molecule has 0 bridgehead atoms. The van der Waals surface area contributed by atoms with Crippen LogP contribution >= 0.6 is 0 Å². The minimum atomic E-state index is -2.84. The van der Waals surface area contributed by atoms with Gasteiger partial charge in [-0.3, -0.25) is 4.98 Å². The second-order valence-electron chi connectivity index (χ2n) is 4.83. The number of hydrogen-bond acceptors (Lipinski definition) is 6. The van der Waals surface area contributed by atoms with Crippen LogP contribution < -0.4 is 4.74 Å². The van der Waals surface area contributed by atoms with Crippen molar-refractivity contribution in [1.29, 1.82) is 5.26 Å². The molecule has 0 amide bonds. The van der Waals surface area contributed by atoms with E-state index in [-0.39, 0.29) is 23.8 Å². The van der Waals surface area contributed by atoms with Gasteiger partial charge in [0.2, 0.25) is 5.89 Å². The molecule has 0 radical (unpaired) electrons. The van der Waals surface area contributed by atoms with Crippen LogP contribution in [0.3, 0.4) is 0 Å². The third kappa shape index (κ3) is 3.74. The third-order valence-electron chi connectivity index (χ3n) is 3.14. The van der Waals surface area contributed by atoms with E-state index in [2.05, 4.69) is 15.2 Å². The van der Waals surface area contributed by atoms with Gasteiger partial charge >= 0.3 is 6.43 Å². The number of nitrogens with zero attached hydrogens (tertiary/aromatic N) is 4. The monoisotopic (exact) mass is 346 g/mol. The van der Waals surface area contributed by atoms with Crippen molar-refractivity contribution in [3.05, 3.63) is 59.5 Å². The van der Waals surface area contributed by atoms with Gasteiger partial charge in [0.25, 0.3) is 5.89 Å². The summed E-state index contributed by atoms with van der Waals surface area (Å²) in [6.45, 7) is 0.0344. The first-order valence-corrected chi connectivity index (χ1v) is 6.96. The summed E-state index contributed by atoms with van der Waals surface area (Å²) < 4.78 is 48.2. The maximum absolute atomic E-state index is 13.1. The lowest BCUT2D eigenvalue weighted by Gasteiger charge is -2.07. The Hall–Kier alpha value is -3.41. The minimum absolute atomic E-state index is 0.0344. The second kappa shape index (κ2) is 7.00. The van der Waals surface area contributed by atoms with E-state index in [9.17, 15) is 13.2 Å². The van der Waals surface area contributed by atoms with Crippen LogP contribution in [-0.4, -0.2) is 15.2 Å². The van der Waals surface area contributed by atoms with E-state index < -0.39 is 18.1 Å². The van der Waals surface area contributed by atoms with Gasteiger partial charge in [0.05, 0.1) is 16.8 Å². The van der Waals surface area contributed by atoms with Gasteiger partial charge < -0.3 is 9.15 Å². The number of benzene rings is 1. The summed E-state index contributed by atoms with van der Waals surface area (Å²) in [5.74, 6) is -1.13. The standard InChI is InChI=1S/C16H9F3N4O2/c17-11-2-4-13(10(5-11)6-20)24-8-12-3-1-9(7-21-12)15-22-23-16(25-15)14(18)19/h1-5,7,14H,8H2. The van der Waals surface area contributed by atoms with Gasteiger partial charge in [0, 0.05) is 6.20 Å². The number of ether oxygens (including phenoxy) is 1. The van der Waals surface area contributed by atoms with E-state index >= 15 is 0 Å². The highest BCUT2D eigenvalue weighted by Crippen LogP contribution is 2.23. The maximum Gasteiger partial charge on any atom is 0.314 e. The van der Waals surface area contributed by atoms with Crippen LogP contribution in [0.15, 0.2) is 40.9 Å². The van der Waals surface area contributed by atoms with E-state index in [0.29, 0.717) is 11.3 Å². The number of aromatic nitrogens is 3. The Morgan fingerprint density at radius 3 is 2.68 bits per heavy atom. The van der Waals surface area contributed by atoms with E-state index in [0.717, 1.165) is 6.07 Å². The molecule has 6 nitrogen and oxygen atoms in total. The van der Waals surface area contributed by atoms with Crippen molar-refractivity contribution >= 4 is 0 Å². The van der Waals surface area contributed by atoms with Crippen LogP contribution in [0.5, 0.6) is 5.75 Å². The molecule has 0 fully saturated rings. The molecule has 0 atom stereocenters. The largest absolute Gasteiger partial charge is 0.486 e. The first kappa shape index (κ1) is 16.4.